The number of rotatable bonds is 13. The number of allylic oxidation sites excluding steroid dienone is 1. The number of aliphatic hydroxyl groups is 1. The SMILES string of the molecule is C[C@H](CCCC(C)(C)O)[C@H]1CC[C@@]2(C)C3CC=C4C(C)(C)C(OC(=O)CCSSCCC(=O)O)CC[C@]4(C)C3CC[C@]12C. The lowest BCUT2D eigenvalue weighted by atomic mass is 9.40. The van der Waals surface area contributed by atoms with Crippen LogP contribution >= 0.6 is 21.6 Å². The fourth-order valence-electron chi connectivity index (χ4n) is 10.6. The van der Waals surface area contributed by atoms with E-state index in [0.29, 0.717) is 46.5 Å². The van der Waals surface area contributed by atoms with Gasteiger partial charge in [0, 0.05) is 16.9 Å². The van der Waals surface area contributed by atoms with E-state index in [0.717, 1.165) is 38.0 Å². The van der Waals surface area contributed by atoms with E-state index in [4.69, 9.17) is 9.84 Å². The predicted molar refractivity (Wildman–Crippen MR) is 180 cm³/mol. The van der Waals surface area contributed by atoms with Crippen LogP contribution in [0.2, 0.25) is 0 Å². The summed E-state index contributed by atoms with van der Waals surface area (Å²) in [5.41, 5.74) is 1.67. The second-order valence-electron chi connectivity index (χ2n) is 16.5. The van der Waals surface area contributed by atoms with Crippen molar-refractivity contribution in [3.05, 3.63) is 11.6 Å². The molecule has 8 atom stereocenters. The lowest BCUT2D eigenvalue weighted by Gasteiger charge is -2.64. The molecule has 0 aliphatic heterocycles. The van der Waals surface area contributed by atoms with Crippen molar-refractivity contribution >= 4 is 33.5 Å². The van der Waals surface area contributed by atoms with Crippen molar-refractivity contribution in [1.82, 2.24) is 0 Å². The van der Waals surface area contributed by atoms with E-state index < -0.39 is 11.6 Å². The molecule has 2 N–H and O–H groups in total. The van der Waals surface area contributed by atoms with Crippen LogP contribution in [0, 0.1) is 45.3 Å². The van der Waals surface area contributed by atoms with Crippen LogP contribution < -0.4 is 0 Å². The Hall–Kier alpha value is -0.660. The van der Waals surface area contributed by atoms with Gasteiger partial charge in [0.2, 0.25) is 0 Å². The van der Waals surface area contributed by atoms with Gasteiger partial charge in [-0.05, 0) is 105 Å². The zero-order valence-electron chi connectivity index (χ0n) is 28.3. The van der Waals surface area contributed by atoms with Gasteiger partial charge in [0.05, 0.1) is 18.4 Å². The van der Waals surface area contributed by atoms with E-state index in [9.17, 15) is 14.7 Å². The van der Waals surface area contributed by atoms with Crippen molar-refractivity contribution in [2.75, 3.05) is 11.5 Å². The number of carbonyl (C=O) groups excluding carboxylic acids is 1. The van der Waals surface area contributed by atoms with Gasteiger partial charge in [0.15, 0.2) is 0 Å². The van der Waals surface area contributed by atoms with Gasteiger partial charge in [-0.2, -0.15) is 0 Å². The van der Waals surface area contributed by atoms with Gasteiger partial charge in [-0.25, -0.2) is 0 Å². The third-order valence-electron chi connectivity index (χ3n) is 13.1. The molecule has 4 aliphatic rings. The zero-order chi connectivity index (χ0) is 31.8. The van der Waals surface area contributed by atoms with Crippen molar-refractivity contribution < 1.29 is 24.5 Å². The number of carboxylic acid groups (broad SMARTS) is 1. The second kappa shape index (κ2) is 13.2. The summed E-state index contributed by atoms with van der Waals surface area (Å²) in [4.78, 5) is 23.5. The summed E-state index contributed by atoms with van der Waals surface area (Å²) in [5, 5.41) is 19.0. The summed E-state index contributed by atoms with van der Waals surface area (Å²) in [6.45, 7) is 18.8. The van der Waals surface area contributed by atoms with Gasteiger partial charge in [-0.15, -0.1) is 0 Å². The Balaban J connectivity index is 1.41. The first kappa shape index (κ1) is 35.2. The highest BCUT2D eigenvalue weighted by atomic mass is 33.1. The summed E-state index contributed by atoms with van der Waals surface area (Å²) in [7, 11) is 3.08. The summed E-state index contributed by atoms with van der Waals surface area (Å²) in [5.74, 6) is 3.15. The van der Waals surface area contributed by atoms with Crippen LogP contribution in [0.4, 0.5) is 0 Å². The molecule has 0 aromatic heterocycles. The number of carbonyl (C=O) groups is 2. The number of ether oxygens (including phenoxy) is 1. The van der Waals surface area contributed by atoms with Gasteiger partial charge in [0.25, 0.3) is 0 Å². The maximum atomic E-state index is 12.8. The van der Waals surface area contributed by atoms with Crippen molar-refractivity contribution in [3.8, 4) is 0 Å². The molecule has 7 heteroatoms. The fraction of sp³-hybridized carbons (Fsp3) is 0.889. The monoisotopic (exact) mass is 636 g/mol. The van der Waals surface area contributed by atoms with E-state index >= 15 is 0 Å². The van der Waals surface area contributed by atoms with Crippen LogP contribution in [0.1, 0.15) is 132 Å². The number of carboxylic acids is 1. The van der Waals surface area contributed by atoms with Gasteiger partial charge < -0.3 is 14.9 Å². The highest BCUT2D eigenvalue weighted by Gasteiger charge is 2.66. The van der Waals surface area contributed by atoms with Crippen LogP contribution in [0.15, 0.2) is 11.6 Å². The van der Waals surface area contributed by atoms with E-state index in [-0.39, 0.29) is 29.3 Å². The van der Waals surface area contributed by atoms with E-state index in [1.165, 1.54) is 48.5 Å². The molecule has 5 nitrogen and oxygen atoms in total. The number of hydrogen-bond acceptors (Lipinski definition) is 6. The Bertz CT molecular complexity index is 1050. The fourth-order valence-corrected chi connectivity index (χ4v) is 12.5. The lowest BCUT2D eigenvalue weighted by Crippen LogP contribution is -2.58. The van der Waals surface area contributed by atoms with Gasteiger partial charge >= 0.3 is 11.9 Å². The van der Waals surface area contributed by atoms with Crippen LogP contribution in [-0.4, -0.2) is 45.4 Å². The number of fused-ring (bicyclic) bond motifs is 5. The highest BCUT2D eigenvalue weighted by molar-refractivity contribution is 8.76. The van der Waals surface area contributed by atoms with E-state index in [1.54, 1.807) is 10.8 Å². The summed E-state index contributed by atoms with van der Waals surface area (Å²) < 4.78 is 6.17. The largest absolute Gasteiger partial charge is 0.481 e. The molecular weight excluding hydrogens is 577 g/mol. The highest BCUT2D eigenvalue weighted by Crippen LogP contribution is 2.73. The molecule has 0 heterocycles. The first-order chi connectivity index (χ1) is 20.0. The normalized spacial score (nSPS) is 37.5. The summed E-state index contributed by atoms with van der Waals surface area (Å²) >= 11 is 0. The van der Waals surface area contributed by atoms with Crippen LogP contribution in [0.25, 0.3) is 0 Å². The standard InChI is InChI=1S/C36H60O5S2/c1-24(10-9-18-32(2,3)40)25-13-20-36(8)27-11-12-28-33(4,5)29(41-31(39)17-23-43-42-22-16-30(37)38)15-19-34(28,6)26(27)14-21-35(25,36)7/h12,24-27,29,40H,9-11,13-23H2,1-8H3,(H,37,38)/t24-,25-,26?,27?,29?,34-,35-,36+/m1/s1. The molecule has 0 aromatic carbocycles. The minimum Gasteiger partial charge on any atom is -0.481 e. The number of aliphatic carboxylic acids is 1. The number of hydrogen-bond donors (Lipinski definition) is 2. The molecule has 3 fully saturated rings. The van der Waals surface area contributed by atoms with E-state index in [1.807, 2.05) is 13.8 Å². The maximum Gasteiger partial charge on any atom is 0.306 e. The van der Waals surface area contributed by atoms with Crippen molar-refractivity contribution in [2.45, 2.75) is 144 Å². The number of esters is 1. The second-order valence-corrected chi connectivity index (χ2v) is 19.2. The third kappa shape index (κ3) is 7.04. The van der Waals surface area contributed by atoms with E-state index in [2.05, 4.69) is 47.6 Å². The molecule has 43 heavy (non-hydrogen) atoms. The molecule has 0 amide bonds. The molecule has 246 valence electrons. The first-order valence-corrected chi connectivity index (χ1v) is 19.5. The predicted octanol–water partition coefficient (Wildman–Crippen LogP) is 9.33. The first-order valence-electron chi connectivity index (χ1n) is 17.0. The maximum absolute atomic E-state index is 12.8. The molecule has 3 saturated carbocycles. The van der Waals surface area contributed by atoms with Gasteiger partial charge in [0.1, 0.15) is 6.10 Å². The Morgan fingerprint density at radius 3 is 2.28 bits per heavy atom. The summed E-state index contributed by atoms with van der Waals surface area (Å²) in [6, 6.07) is 0. The quantitative estimate of drug-likeness (QED) is 0.0902. The van der Waals surface area contributed by atoms with Crippen LogP contribution in [0.5, 0.6) is 0 Å². The lowest BCUT2D eigenvalue weighted by molar-refractivity contribution is -0.161. The molecule has 4 aliphatic carbocycles. The van der Waals surface area contributed by atoms with Gasteiger partial charge in [-0.3, -0.25) is 9.59 Å². The molecule has 0 radical (unpaired) electrons. The van der Waals surface area contributed by atoms with Crippen molar-refractivity contribution in [1.29, 1.82) is 0 Å². The summed E-state index contributed by atoms with van der Waals surface area (Å²) in [6.07, 6.45) is 14.7. The molecule has 3 unspecified atom stereocenters. The minimum absolute atomic E-state index is 0.0920. The average Bonchev–Trinajstić information content (AvgIpc) is 3.18. The van der Waals surface area contributed by atoms with Gasteiger partial charge in [-0.1, -0.05) is 87.6 Å². The van der Waals surface area contributed by atoms with Crippen LogP contribution in [0.3, 0.4) is 0 Å². The zero-order valence-corrected chi connectivity index (χ0v) is 29.9. The smallest absolute Gasteiger partial charge is 0.306 e. The van der Waals surface area contributed by atoms with Crippen LogP contribution in [-0.2, 0) is 14.3 Å². The average molecular weight is 637 g/mol. The Kier molecular flexibility index (Phi) is 10.8. The molecule has 0 saturated heterocycles. The Morgan fingerprint density at radius 2 is 1.63 bits per heavy atom. The van der Waals surface area contributed by atoms with Crippen molar-refractivity contribution in [3.63, 3.8) is 0 Å². The third-order valence-corrected chi connectivity index (χ3v) is 15.5. The molecule has 0 bridgehead atoms. The molecule has 0 aromatic rings. The topological polar surface area (TPSA) is 83.8 Å². The molecule has 4 rings (SSSR count). The molecule has 0 spiro atoms. The minimum atomic E-state index is -0.782. The Morgan fingerprint density at radius 1 is 0.977 bits per heavy atom. The Labute approximate surface area is 269 Å². The van der Waals surface area contributed by atoms with Crippen molar-refractivity contribution in [2.24, 2.45) is 45.3 Å². The molecular formula is C36H60O5S2.